The van der Waals surface area contributed by atoms with Gasteiger partial charge < -0.3 is 19.0 Å². The number of hydrogen-bond donors (Lipinski definition) is 1. The number of aliphatic hydroxyl groups is 1. The first-order valence-corrected chi connectivity index (χ1v) is 10.3. The Hall–Kier alpha value is -2.67. The molecule has 7 heteroatoms. The van der Waals surface area contributed by atoms with Gasteiger partial charge in [0, 0.05) is 36.9 Å². The largest absolute Gasteiger partial charge is 0.482 e. The molecular formula is C23H27NO6. The number of esters is 1. The summed E-state index contributed by atoms with van der Waals surface area (Å²) in [5.41, 5.74) is -0.834. The number of rotatable bonds is 3. The van der Waals surface area contributed by atoms with Gasteiger partial charge in [-0.1, -0.05) is 13.8 Å². The van der Waals surface area contributed by atoms with E-state index >= 15 is 0 Å². The Morgan fingerprint density at radius 1 is 1.37 bits per heavy atom. The first-order valence-electron chi connectivity index (χ1n) is 10.3. The fourth-order valence-electron chi connectivity index (χ4n) is 4.82. The van der Waals surface area contributed by atoms with Gasteiger partial charge in [0.15, 0.2) is 0 Å². The van der Waals surface area contributed by atoms with Crippen molar-refractivity contribution in [2.45, 2.75) is 58.3 Å². The minimum Gasteiger partial charge on any atom is -0.482 e. The Kier molecular flexibility index (Phi) is 5.18. The number of fused-ring (bicyclic) bond motifs is 2. The highest BCUT2D eigenvalue weighted by molar-refractivity contribution is 5.66. The molecule has 1 N–H and O–H groups in total. The van der Waals surface area contributed by atoms with Gasteiger partial charge in [-0.3, -0.25) is 9.78 Å². The van der Waals surface area contributed by atoms with Gasteiger partial charge in [-0.15, -0.1) is 0 Å². The van der Waals surface area contributed by atoms with Gasteiger partial charge in [0.05, 0.1) is 6.10 Å². The average Bonchev–Trinajstić information content (AvgIpc) is 2.68. The van der Waals surface area contributed by atoms with Crippen molar-refractivity contribution in [2.24, 2.45) is 17.8 Å². The average molecular weight is 413 g/mol. The number of pyridine rings is 1. The monoisotopic (exact) mass is 413 g/mol. The Morgan fingerprint density at radius 3 is 2.77 bits per heavy atom. The SMILES string of the molecule is CC(=O)O[C@H]1CC(C(C)C)C[C@H]2[C@H](O)c3c(cc(-c4cccnc4)oc3=O)O[C@]12C. The van der Waals surface area contributed by atoms with Crippen molar-refractivity contribution in [3.05, 3.63) is 46.6 Å². The normalized spacial score (nSPS) is 30.2. The van der Waals surface area contributed by atoms with Gasteiger partial charge in [0.1, 0.15) is 28.8 Å². The topological polar surface area (TPSA) is 98.9 Å². The number of carbonyl (C=O) groups excluding carboxylic acids is 1. The van der Waals surface area contributed by atoms with Crippen LogP contribution < -0.4 is 10.4 Å². The van der Waals surface area contributed by atoms with E-state index in [1.807, 2.05) is 6.92 Å². The van der Waals surface area contributed by atoms with Crippen molar-refractivity contribution in [3.63, 3.8) is 0 Å². The van der Waals surface area contributed by atoms with Crippen LogP contribution in [0.15, 0.2) is 39.8 Å². The number of ether oxygens (including phenoxy) is 2. The van der Waals surface area contributed by atoms with Crippen LogP contribution in [-0.4, -0.2) is 27.8 Å². The molecule has 2 aromatic heterocycles. The zero-order valence-electron chi connectivity index (χ0n) is 17.6. The third kappa shape index (κ3) is 3.41. The summed E-state index contributed by atoms with van der Waals surface area (Å²) in [5, 5.41) is 11.2. The van der Waals surface area contributed by atoms with E-state index in [2.05, 4.69) is 18.8 Å². The smallest absolute Gasteiger partial charge is 0.345 e. The molecule has 0 bridgehead atoms. The number of carbonyl (C=O) groups is 1. The number of aliphatic hydroxyl groups excluding tert-OH is 1. The van der Waals surface area contributed by atoms with Crippen molar-refractivity contribution in [3.8, 4) is 17.1 Å². The van der Waals surface area contributed by atoms with E-state index in [4.69, 9.17) is 13.9 Å². The lowest BCUT2D eigenvalue weighted by Crippen LogP contribution is -2.61. The second kappa shape index (κ2) is 7.54. The second-order valence-electron chi connectivity index (χ2n) is 8.83. The molecule has 1 aliphatic carbocycles. The van der Waals surface area contributed by atoms with Crippen molar-refractivity contribution >= 4 is 5.97 Å². The predicted molar refractivity (Wildman–Crippen MR) is 109 cm³/mol. The summed E-state index contributed by atoms with van der Waals surface area (Å²) in [4.78, 5) is 28.7. The molecule has 160 valence electrons. The molecule has 0 aromatic carbocycles. The Morgan fingerprint density at radius 2 is 2.13 bits per heavy atom. The highest BCUT2D eigenvalue weighted by atomic mass is 16.6. The number of hydrogen-bond acceptors (Lipinski definition) is 7. The molecule has 0 spiro atoms. The lowest BCUT2D eigenvalue weighted by Gasteiger charge is -2.53. The van der Waals surface area contributed by atoms with Crippen LogP contribution in [0.3, 0.4) is 0 Å². The predicted octanol–water partition coefficient (Wildman–Crippen LogP) is 3.50. The van der Waals surface area contributed by atoms with Gasteiger partial charge in [0.2, 0.25) is 0 Å². The van der Waals surface area contributed by atoms with E-state index in [1.165, 1.54) is 6.92 Å². The summed E-state index contributed by atoms with van der Waals surface area (Å²) in [7, 11) is 0. The lowest BCUT2D eigenvalue weighted by atomic mass is 9.63. The van der Waals surface area contributed by atoms with Gasteiger partial charge in [0.25, 0.3) is 0 Å². The number of aromatic nitrogens is 1. The van der Waals surface area contributed by atoms with Crippen LogP contribution >= 0.6 is 0 Å². The summed E-state index contributed by atoms with van der Waals surface area (Å²) in [5.74, 6) is 0.344. The third-order valence-electron chi connectivity index (χ3n) is 6.60. The summed E-state index contributed by atoms with van der Waals surface area (Å²) < 4.78 is 17.5. The highest BCUT2D eigenvalue weighted by Gasteiger charge is 2.57. The molecular weight excluding hydrogens is 386 g/mol. The maximum atomic E-state index is 12.8. The molecule has 7 nitrogen and oxygen atoms in total. The first-order chi connectivity index (χ1) is 14.2. The summed E-state index contributed by atoms with van der Waals surface area (Å²) in [6.45, 7) is 7.44. The van der Waals surface area contributed by atoms with Crippen molar-refractivity contribution in [2.75, 3.05) is 0 Å². The molecule has 30 heavy (non-hydrogen) atoms. The molecule has 0 saturated heterocycles. The van der Waals surface area contributed by atoms with E-state index in [0.717, 1.165) is 0 Å². The molecule has 1 unspecified atom stereocenters. The minimum absolute atomic E-state index is 0.121. The van der Waals surface area contributed by atoms with Crippen LogP contribution in [0, 0.1) is 17.8 Å². The van der Waals surface area contributed by atoms with E-state index < -0.39 is 35.3 Å². The maximum Gasteiger partial charge on any atom is 0.345 e. The fraction of sp³-hybridized carbons (Fsp3) is 0.522. The van der Waals surface area contributed by atoms with Gasteiger partial charge in [-0.25, -0.2) is 4.79 Å². The summed E-state index contributed by atoms with van der Waals surface area (Å²) in [6.07, 6.45) is 2.92. The molecule has 5 atom stereocenters. The molecule has 1 aliphatic heterocycles. The van der Waals surface area contributed by atoms with Crippen LogP contribution in [-0.2, 0) is 9.53 Å². The zero-order valence-corrected chi connectivity index (χ0v) is 17.6. The Bertz CT molecular complexity index is 1000. The zero-order chi connectivity index (χ0) is 21.6. The van der Waals surface area contributed by atoms with Crippen LogP contribution in [0.25, 0.3) is 11.3 Å². The van der Waals surface area contributed by atoms with Crippen LogP contribution in [0.2, 0.25) is 0 Å². The summed E-state index contributed by atoms with van der Waals surface area (Å²) in [6, 6.07) is 5.13. The second-order valence-corrected chi connectivity index (χ2v) is 8.83. The van der Waals surface area contributed by atoms with E-state index in [-0.39, 0.29) is 17.2 Å². The summed E-state index contributed by atoms with van der Waals surface area (Å²) >= 11 is 0. The lowest BCUT2D eigenvalue weighted by molar-refractivity contribution is -0.194. The molecule has 0 amide bonds. The molecule has 1 saturated carbocycles. The fourth-order valence-corrected chi connectivity index (χ4v) is 4.82. The Labute approximate surface area is 175 Å². The van der Waals surface area contributed by atoms with E-state index in [9.17, 15) is 14.7 Å². The van der Waals surface area contributed by atoms with Crippen molar-refractivity contribution in [1.29, 1.82) is 0 Å². The quantitative estimate of drug-likeness (QED) is 0.769. The standard InChI is InChI=1S/C23H27NO6/c1-12(2)15-8-16-21(26)20-18(30-23(16,4)19(9-15)28-13(3)25)10-17(29-22(20)27)14-6-5-7-24-11-14/h5-7,10-12,15-16,19,21,26H,8-9H2,1-4H3/t15?,16-,19-,21-,23-/m0/s1. The Balaban J connectivity index is 1.81. The molecule has 0 radical (unpaired) electrons. The molecule has 2 aliphatic rings. The molecule has 4 rings (SSSR count). The molecule has 2 aromatic rings. The maximum absolute atomic E-state index is 12.8. The van der Waals surface area contributed by atoms with Crippen LogP contribution in [0.4, 0.5) is 0 Å². The van der Waals surface area contributed by atoms with Crippen molar-refractivity contribution < 1.29 is 23.8 Å². The van der Waals surface area contributed by atoms with E-state index in [1.54, 1.807) is 30.6 Å². The van der Waals surface area contributed by atoms with Gasteiger partial charge in [-0.2, -0.15) is 0 Å². The third-order valence-corrected chi connectivity index (χ3v) is 6.60. The van der Waals surface area contributed by atoms with Crippen molar-refractivity contribution in [1.82, 2.24) is 4.98 Å². The molecule has 1 fully saturated rings. The van der Waals surface area contributed by atoms with Crippen LogP contribution in [0.5, 0.6) is 5.75 Å². The first kappa shape index (κ1) is 20.6. The van der Waals surface area contributed by atoms with Crippen LogP contribution in [0.1, 0.15) is 52.2 Å². The van der Waals surface area contributed by atoms with E-state index in [0.29, 0.717) is 30.1 Å². The van der Waals surface area contributed by atoms with Gasteiger partial charge >= 0.3 is 11.6 Å². The minimum atomic E-state index is -1.07. The van der Waals surface area contributed by atoms with Gasteiger partial charge in [-0.05, 0) is 43.7 Å². The highest BCUT2D eigenvalue weighted by Crippen LogP contribution is 2.53. The molecule has 3 heterocycles. The number of nitrogens with zero attached hydrogens (tertiary/aromatic N) is 1.